The molecule has 0 saturated carbocycles. The molecule has 0 aromatic heterocycles. The normalized spacial score (nSPS) is 30.9. The Morgan fingerprint density at radius 1 is 1.30 bits per heavy atom. The van der Waals surface area contributed by atoms with Crippen molar-refractivity contribution in [1.82, 2.24) is 14.9 Å². The van der Waals surface area contributed by atoms with Gasteiger partial charge in [-0.15, -0.1) is 0 Å². The zero-order valence-corrected chi connectivity index (χ0v) is 16.3. The van der Waals surface area contributed by atoms with E-state index >= 15 is 0 Å². The van der Waals surface area contributed by atoms with Crippen LogP contribution in [0.25, 0.3) is 0 Å². The molecule has 1 aromatic rings. The summed E-state index contributed by atoms with van der Waals surface area (Å²) in [5, 5.41) is 3.43. The maximum absolute atomic E-state index is 14.2. The highest BCUT2D eigenvalue weighted by molar-refractivity contribution is 7.89. The molecule has 0 spiro atoms. The van der Waals surface area contributed by atoms with Gasteiger partial charge in [-0.2, -0.15) is 0 Å². The Hall–Kier alpha value is -1.51. The van der Waals surface area contributed by atoms with E-state index in [2.05, 4.69) is 10.0 Å². The van der Waals surface area contributed by atoms with Crippen LogP contribution in [0.5, 0.6) is 0 Å². The number of piperidine rings is 3. The standard InChI is InChI=1S/C19H26FN3O3S/c1-12-5-6-18(15(20)7-12)27(25,26)22-11-17-14-8-13(9-21-10-14)16-3-2-4-19(24)23(16)17/h5-7,13-14,16-17,21-22H,2-4,8-11H2,1H3/t13-,14+,16+,17+/m1/s1. The van der Waals surface area contributed by atoms with Crippen molar-refractivity contribution < 1.29 is 17.6 Å². The fourth-order valence-corrected chi connectivity index (χ4v) is 6.10. The summed E-state index contributed by atoms with van der Waals surface area (Å²) in [6.07, 6.45) is 3.40. The molecule has 4 atom stereocenters. The predicted octanol–water partition coefficient (Wildman–Crippen LogP) is 1.40. The topological polar surface area (TPSA) is 78.5 Å². The van der Waals surface area contributed by atoms with Crippen LogP contribution >= 0.6 is 0 Å². The van der Waals surface area contributed by atoms with Crippen LogP contribution in [0.1, 0.15) is 31.2 Å². The van der Waals surface area contributed by atoms with Crippen LogP contribution in [0.4, 0.5) is 4.39 Å². The third-order valence-electron chi connectivity index (χ3n) is 6.26. The number of hydrogen-bond acceptors (Lipinski definition) is 4. The summed E-state index contributed by atoms with van der Waals surface area (Å²) in [5.74, 6) is 0.0223. The molecule has 8 heteroatoms. The van der Waals surface area contributed by atoms with E-state index in [1.54, 1.807) is 13.0 Å². The van der Waals surface area contributed by atoms with Gasteiger partial charge in [-0.1, -0.05) is 6.07 Å². The molecule has 2 N–H and O–H groups in total. The number of benzene rings is 1. The maximum atomic E-state index is 14.2. The molecule has 4 rings (SSSR count). The third kappa shape index (κ3) is 3.50. The van der Waals surface area contributed by atoms with Crippen LogP contribution in [0.3, 0.4) is 0 Å². The maximum Gasteiger partial charge on any atom is 0.243 e. The number of rotatable bonds is 4. The van der Waals surface area contributed by atoms with Gasteiger partial charge in [-0.05, 0) is 68.8 Å². The number of nitrogens with zero attached hydrogens (tertiary/aromatic N) is 1. The minimum atomic E-state index is -3.97. The molecule has 0 radical (unpaired) electrons. The minimum absolute atomic E-state index is 0.119. The lowest BCUT2D eigenvalue weighted by Crippen LogP contribution is -2.66. The van der Waals surface area contributed by atoms with Crippen LogP contribution in [0.2, 0.25) is 0 Å². The number of nitrogens with one attached hydrogen (secondary N) is 2. The summed E-state index contributed by atoms with van der Waals surface area (Å²) >= 11 is 0. The van der Waals surface area contributed by atoms with E-state index in [9.17, 15) is 17.6 Å². The van der Waals surface area contributed by atoms with Crippen molar-refractivity contribution in [3.8, 4) is 0 Å². The minimum Gasteiger partial charge on any atom is -0.335 e. The molecule has 27 heavy (non-hydrogen) atoms. The largest absolute Gasteiger partial charge is 0.335 e. The van der Waals surface area contributed by atoms with Crippen LogP contribution in [0.15, 0.2) is 23.1 Å². The number of halogens is 1. The van der Waals surface area contributed by atoms with Gasteiger partial charge in [0.1, 0.15) is 10.7 Å². The van der Waals surface area contributed by atoms with E-state index in [-0.39, 0.29) is 35.3 Å². The average molecular weight is 396 g/mol. The Balaban J connectivity index is 1.56. The molecule has 3 heterocycles. The van der Waals surface area contributed by atoms with Crippen molar-refractivity contribution >= 4 is 15.9 Å². The van der Waals surface area contributed by atoms with Crippen molar-refractivity contribution in [2.45, 2.75) is 49.6 Å². The highest BCUT2D eigenvalue weighted by atomic mass is 32.2. The van der Waals surface area contributed by atoms with Crippen LogP contribution < -0.4 is 10.0 Å². The highest BCUT2D eigenvalue weighted by Gasteiger charge is 2.47. The van der Waals surface area contributed by atoms with Crippen LogP contribution in [-0.4, -0.2) is 50.9 Å². The van der Waals surface area contributed by atoms with Gasteiger partial charge in [0.25, 0.3) is 0 Å². The molecule has 3 aliphatic heterocycles. The van der Waals surface area contributed by atoms with Crippen molar-refractivity contribution in [2.24, 2.45) is 11.8 Å². The fourth-order valence-electron chi connectivity index (χ4n) is 4.99. The molecule has 1 aromatic carbocycles. The summed E-state index contributed by atoms with van der Waals surface area (Å²) in [4.78, 5) is 14.2. The van der Waals surface area contributed by atoms with Gasteiger partial charge in [0.05, 0.1) is 0 Å². The van der Waals surface area contributed by atoms with Crippen molar-refractivity contribution in [2.75, 3.05) is 19.6 Å². The molecule has 3 fully saturated rings. The lowest BCUT2D eigenvalue weighted by atomic mass is 9.72. The van der Waals surface area contributed by atoms with E-state index < -0.39 is 15.8 Å². The number of amides is 1. The first-order valence-electron chi connectivity index (χ1n) is 9.64. The van der Waals surface area contributed by atoms with Crippen LogP contribution in [0, 0.1) is 24.6 Å². The first-order valence-corrected chi connectivity index (χ1v) is 11.1. The first kappa shape index (κ1) is 18.8. The van der Waals surface area contributed by atoms with E-state index in [0.717, 1.165) is 32.4 Å². The van der Waals surface area contributed by atoms with Gasteiger partial charge in [0, 0.05) is 25.0 Å². The molecule has 1 amide bonds. The van der Waals surface area contributed by atoms with Gasteiger partial charge in [-0.25, -0.2) is 17.5 Å². The van der Waals surface area contributed by atoms with E-state index in [0.29, 0.717) is 17.9 Å². The quantitative estimate of drug-likeness (QED) is 0.808. The lowest BCUT2D eigenvalue weighted by molar-refractivity contribution is -0.148. The molecule has 148 valence electrons. The van der Waals surface area contributed by atoms with E-state index in [1.807, 2.05) is 4.90 Å². The van der Waals surface area contributed by atoms with Gasteiger partial charge in [-0.3, -0.25) is 4.79 Å². The zero-order valence-electron chi connectivity index (χ0n) is 15.4. The molecule has 0 aliphatic carbocycles. The van der Waals surface area contributed by atoms with Crippen molar-refractivity contribution in [1.29, 1.82) is 0 Å². The average Bonchev–Trinajstić information content (AvgIpc) is 2.62. The number of carbonyl (C=O) groups is 1. The summed E-state index contributed by atoms with van der Waals surface area (Å²) in [5.41, 5.74) is 0.666. The Labute approximate surface area is 159 Å². The van der Waals surface area contributed by atoms with Gasteiger partial charge < -0.3 is 10.2 Å². The smallest absolute Gasteiger partial charge is 0.243 e. The molecular weight excluding hydrogens is 369 g/mol. The van der Waals surface area contributed by atoms with Crippen molar-refractivity contribution in [3.05, 3.63) is 29.6 Å². The van der Waals surface area contributed by atoms with Gasteiger partial charge in [0.15, 0.2) is 0 Å². The summed E-state index contributed by atoms with van der Waals surface area (Å²) in [6, 6.07) is 4.09. The SMILES string of the molecule is Cc1ccc(S(=O)(=O)NC[C@H]2[C@@H]3CNC[C@@H](C3)[C@@H]3CCCC(=O)N32)c(F)c1. The number of hydrogen-bond donors (Lipinski definition) is 2. The Morgan fingerprint density at radius 2 is 2.07 bits per heavy atom. The van der Waals surface area contributed by atoms with Crippen molar-refractivity contribution in [3.63, 3.8) is 0 Å². The second-order valence-electron chi connectivity index (χ2n) is 8.03. The monoisotopic (exact) mass is 395 g/mol. The lowest BCUT2D eigenvalue weighted by Gasteiger charge is -2.54. The molecule has 0 unspecified atom stereocenters. The molecule has 3 aliphatic rings. The molecule has 6 nitrogen and oxygen atoms in total. The third-order valence-corrected chi connectivity index (χ3v) is 7.72. The summed E-state index contributed by atoms with van der Waals surface area (Å²) in [6.45, 7) is 3.52. The number of carbonyl (C=O) groups excluding carboxylic acids is 1. The number of fused-ring (bicyclic) bond motifs is 4. The van der Waals surface area contributed by atoms with Gasteiger partial charge in [0.2, 0.25) is 15.9 Å². The Kier molecular flexibility index (Phi) is 4.98. The second kappa shape index (κ2) is 7.14. The molecule has 3 saturated heterocycles. The van der Waals surface area contributed by atoms with Crippen LogP contribution in [-0.2, 0) is 14.8 Å². The summed E-state index contributed by atoms with van der Waals surface area (Å²) < 4.78 is 42.0. The van der Waals surface area contributed by atoms with E-state index in [4.69, 9.17) is 0 Å². The first-order chi connectivity index (χ1) is 12.9. The fraction of sp³-hybridized carbons (Fsp3) is 0.632. The second-order valence-corrected chi connectivity index (χ2v) is 9.76. The number of aryl methyl sites for hydroxylation is 1. The summed E-state index contributed by atoms with van der Waals surface area (Å²) in [7, 11) is -3.97. The Bertz CT molecular complexity index is 845. The highest BCUT2D eigenvalue weighted by Crippen LogP contribution is 2.39. The Morgan fingerprint density at radius 3 is 2.85 bits per heavy atom. The number of sulfonamides is 1. The van der Waals surface area contributed by atoms with Gasteiger partial charge >= 0.3 is 0 Å². The van der Waals surface area contributed by atoms with E-state index in [1.165, 1.54) is 12.1 Å². The zero-order chi connectivity index (χ0) is 19.2. The predicted molar refractivity (Wildman–Crippen MR) is 99.1 cm³/mol. The molecular formula is C19H26FN3O3S. The molecule has 2 bridgehead atoms.